The number of fused-ring (bicyclic) bond motifs is 1. The summed E-state index contributed by atoms with van der Waals surface area (Å²) < 4.78 is 5.70. The van der Waals surface area contributed by atoms with Gasteiger partial charge in [-0.2, -0.15) is 0 Å². The van der Waals surface area contributed by atoms with Crippen molar-refractivity contribution in [1.29, 1.82) is 0 Å². The highest BCUT2D eigenvalue weighted by Gasteiger charge is 2.24. The largest absolute Gasteiger partial charge is 0.490 e. The maximum absolute atomic E-state index is 11.2. The molecule has 2 rings (SSSR count). The lowest BCUT2D eigenvalue weighted by molar-refractivity contribution is -0.123. The number of carbonyl (C=O) groups is 1. The number of amides is 1. The zero-order chi connectivity index (χ0) is 16.2. The number of ether oxygens (including phenoxy) is 1. The zero-order valence-corrected chi connectivity index (χ0v) is 12.9. The minimum absolute atomic E-state index is 0.135. The molecule has 4 N–H and O–H groups in total. The second kappa shape index (κ2) is 6.77. The molecule has 0 spiro atoms. The lowest BCUT2D eigenvalue weighted by Crippen LogP contribution is -2.53. The van der Waals surface area contributed by atoms with Gasteiger partial charge in [0.25, 0.3) is 0 Å². The summed E-state index contributed by atoms with van der Waals surface area (Å²) in [5, 5.41) is 15.0. The Hall–Kier alpha value is -2.11. The Morgan fingerprint density at radius 3 is 2.68 bits per heavy atom. The molecule has 5 heteroatoms. The summed E-state index contributed by atoms with van der Waals surface area (Å²) in [6.07, 6.45) is -0.738. The van der Waals surface area contributed by atoms with Gasteiger partial charge >= 0.3 is 0 Å². The van der Waals surface area contributed by atoms with Gasteiger partial charge in [0.05, 0.1) is 5.54 Å². The Bertz CT molecular complexity index is 650. The number of nitrogens with two attached hydrogens (primary N) is 1. The van der Waals surface area contributed by atoms with E-state index in [2.05, 4.69) is 5.32 Å². The third-order valence-electron chi connectivity index (χ3n) is 3.58. The van der Waals surface area contributed by atoms with E-state index in [-0.39, 0.29) is 13.2 Å². The van der Waals surface area contributed by atoms with Gasteiger partial charge in [-0.25, -0.2) is 0 Å². The van der Waals surface area contributed by atoms with Gasteiger partial charge in [0.15, 0.2) is 0 Å². The van der Waals surface area contributed by atoms with E-state index in [1.54, 1.807) is 13.8 Å². The first kappa shape index (κ1) is 16.3. The summed E-state index contributed by atoms with van der Waals surface area (Å²) >= 11 is 0. The maximum Gasteiger partial charge on any atom is 0.237 e. The zero-order valence-electron chi connectivity index (χ0n) is 12.9. The number of aliphatic hydroxyl groups excluding tert-OH is 1. The first-order valence-electron chi connectivity index (χ1n) is 7.24. The fraction of sp³-hybridized carbons (Fsp3) is 0.353. The molecule has 2 aromatic rings. The molecule has 0 fully saturated rings. The smallest absolute Gasteiger partial charge is 0.237 e. The molecule has 0 radical (unpaired) electrons. The number of carbonyl (C=O) groups excluding carboxylic acids is 1. The predicted octanol–water partition coefficient (Wildman–Crippen LogP) is 1.43. The van der Waals surface area contributed by atoms with Crippen LogP contribution >= 0.6 is 0 Å². The molecule has 0 saturated heterocycles. The normalized spacial score (nSPS) is 13.0. The Morgan fingerprint density at radius 2 is 1.95 bits per heavy atom. The van der Waals surface area contributed by atoms with E-state index in [4.69, 9.17) is 10.5 Å². The first-order valence-corrected chi connectivity index (χ1v) is 7.24. The molecule has 1 unspecified atom stereocenters. The number of rotatable bonds is 7. The second-order valence-electron chi connectivity index (χ2n) is 5.81. The Kier molecular flexibility index (Phi) is 5.00. The molecule has 118 valence electrons. The number of hydrogen-bond acceptors (Lipinski definition) is 4. The summed E-state index contributed by atoms with van der Waals surface area (Å²) in [5.74, 6) is 0.265. The highest BCUT2D eigenvalue weighted by atomic mass is 16.5. The molecule has 0 aliphatic carbocycles. The van der Waals surface area contributed by atoms with Gasteiger partial charge in [-0.1, -0.05) is 36.4 Å². The van der Waals surface area contributed by atoms with E-state index in [0.29, 0.717) is 0 Å². The third kappa shape index (κ3) is 3.96. The fourth-order valence-corrected chi connectivity index (χ4v) is 2.03. The lowest BCUT2D eigenvalue weighted by atomic mass is 10.1. The lowest BCUT2D eigenvalue weighted by Gasteiger charge is -2.24. The molecule has 0 heterocycles. The van der Waals surface area contributed by atoms with Crippen LogP contribution in [-0.4, -0.2) is 35.8 Å². The molecule has 0 aliphatic rings. The van der Waals surface area contributed by atoms with E-state index >= 15 is 0 Å². The third-order valence-corrected chi connectivity index (χ3v) is 3.58. The summed E-state index contributed by atoms with van der Waals surface area (Å²) in [5.41, 5.74) is 4.41. The molecule has 0 saturated carbocycles. The first-order chi connectivity index (χ1) is 10.4. The number of hydrogen-bond donors (Lipinski definition) is 3. The number of benzene rings is 2. The highest BCUT2D eigenvalue weighted by Crippen LogP contribution is 2.25. The molecule has 5 nitrogen and oxygen atoms in total. The highest BCUT2D eigenvalue weighted by molar-refractivity contribution is 5.88. The van der Waals surface area contributed by atoms with E-state index in [9.17, 15) is 9.90 Å². The van der Waals surface area contributed by atoms with Crippen molar-refractivity contribution in [1.82, 2.24) is 5.32 Å². The number of nitrogens with one attached hydrogen (secondary N) is 1. The topological polar surface area (TPSA) is 84.6 Å². The minimum Gasteiger partial charge on any atom is -0.490 e. The van der Waals surface area contributed by atoms with Crippen LogP contribution in [0.25, 0.3) is 10.8 Å². The monoisotopic (exact) mass is 302 g/mol. The van der Waals surface area contributed by atoms with E-state index in [0.717, 1.165) is 16.5 Å². The van der Waals surface area contributed by atoms with Crippen LogP contribution in [0, 0.1) is 0 Å². The number of primary amides is 1. The van der Waals surface area contributed by atoms with Crippen molar-refractivity contribution in [3.05, 3.63) is 42.5 Å². The fourth-order valence-electron chi connectivity index (χ4n) is 2.03. The van der Waals surface area contributed by atoms with Crippen molar-refractivity contribution in [3.63, 3.8) is 0 Å². The maximum atomic E-state index is 11.2. The molecule has 0 aliphatic heterocycles. The van der Waals surface area contributed by atoms with Crippen molar-refractivity contribution in [2.75, 3.05) is 13.2 Å². The summed E-state index contributed by atoms with van der Waals surface area (Å²) in [6, 6.07) is 13.7. The van der Waals surface area contributed by atoms with Crippen LogP contribution in [0.2, 0.25) is 0 Å². The van der Waals surface area contributed by atoms with Crippen LogP contribution in [0.1, 0.15) is 13.8 Å². The van der Waals surface area contributed by atoms with Gasteiger partial charge in [0.2, 0.25) is 5.91 Å². The summed E-state index contributed by atoms with van der Waals surface area (Å²) in [4.78, 5) is 11.2. The average Bonchev–Trinajstić information content (AvgIpc) is 2.50. The van der Waals surface area contributed by atoms with Crippen molar-refractivity contribution in [2.45, 2.75) is 25.5 Å². The van der Waals surface area contributed by atoms with Gasteiger partial charge in [0.1, 0.15) is 18.5 Å². The van der Waals surface area contributed by atoms with Gasteiger partial charge in [0, 0.05) is 11.9 Å². The molecule has 1 atom stereocenters. The standard InChI is InChI=1S/C17H22N2O3/c1-17(2,16(18)21)19-10-13(20)11-22-15-9-5-7-12-6-3-4-8-14(12)15/h3-9,13,19-20H,10-11H2,1-2H3,(H2,18,21). The minimum atomic E-state index is -0.861. The van der Waals surface area contributed by atoms with Crippen LogP contribution in [0.3, 0.4) is 0 Å². The van der Waals surface area contributed by atoms with Crippen LogP contribution in [0.5, 0.6) is 5.75 Å². The molecule has 0 aromatic heterocycles. The van der Waals surface area contributed by atoms with Crippen LogP contribution in [0.4, 0.5) is 0 Å². The molecule has 2 aromatic carbocycles. The predicted molar refractivity (Wildman–Crippen MR) is 86.7 cm³/mol. The van der Waals surface area contributed by atoms with Gasteiger partial charge in [-0.05, 0) is 25.3 Å². The SMILES string of the molecule is CC(C)(NCC(O)COc1cccc2ccccc12)C(N)=O. The molecule has 0 bridgehead atoms. The average molecular weight is 302 g/mol. The van der Waals surface area contributed by atoms with Gasteiger partial charge in [-0.15, -0.1) is 0 Å². The number of aliphatic hydroxyl groups is 1. The quantitative estimate of drug-likeness (QED) is 0.722. The Labute approximate surface area is 130 Å². The van der Waals surface area contributed by atoms with Gasteiger partial charge in [-0.3, -0.25) is 4.79 Å². The van der Waals surface area contributed by atoms with Crippen molar-refractivity contribution < 1.29 is 14.6 Å². The summed E-state index contributed by atoms with van der Waals surface area (Å²) in [6.45, 7) is 3.71. The summed E-state index contributed by atoms with van der Waals surface area (Å²) in [7, 11) is 0. The van der Waals surface area contributed by atoms with E-state index in [1.807, 2.05) is 42.5 Å². The van der Waals surface area contributed by atoms with Crippen LogP contribution < -0.4 is 15.8 Å². The Morgan fingerprint density at radius 1 is 1.27 bits per heavy atom. The van der Waals surface area contributed by atoms with Crippen LogP contribution in [-0.2, 0) is 4.79 Å². The van der Waals surface area contributed by atoms with Crippen LogP contribution in [0.15, 0.2) is 42.5 Å². The number of β-amino-alcohol motifs (C(OH)–C–C–N with tert-alkyl or cyclic N) is 1. The molecule has 1 amide bonds. The van der Waals surface area contributed by atoms with Crippen molar-refractivity contribution >= 4 is 16.7 Å². The molecular weight excluding hydrogens is 280 g/mol. The Balaban J connectivity index is 1.93. The van der Waals surface area contributed by atoms with E-state index in [1.165, 1.54) is 0 Å². The van der Waals surface area contributed by atoms with Gasteiger partial charge < -0.3 is 20.9 Å². The second-order valence-corrected chi connectivity index (χ2v) is 5.81. The molecule has 22 heavy (non-hydrogen) atoms. The molecular formula is C17H22N2O3. The van der Waals surface area contributed by atoms with Crippen molar-refractivity contribution in [2.24, 2.45) is 5.73 Å². The van der Waals surface area contributed by atoms with E-state index < -0.39 is 17.6 Å². The van der Waals surface area contributed by atoms with Crippen molar-refractivity contribution in [3.8, 4) is 5.75 Å².